The summed E-state index contributed by atoms with van der Waals surface area (Å²) in [4.78, 5) is 14.5. The Morgan fingerprint density at radius 3 is 2.65 bits per heavy atom. The zero-order chi connectivity index (χ0) is 16.4. The summed E-state index contributed by atoms with van der Waals surface area (Å²) in [5.41, 5.74) is 2.61. The van der Waals surface area contributed by atoms with E-state index >= 15 is 0 Å². The number of urea groups is 1. The third-order valence-corrected chi connectivity index (χ3v) is 4.23. The molecule has 7 heteroatoms. The Hall–Kier alpha value is -2.44. The van der Waals surface area contributed by atoms with E-state index in [0.29, 0.717) is 11.8 Å². The van der Waals surface area contributed by atoms with Gasteiger partial charge in [0.1, 0.15) is 6.33 Å². The fourth-order valence-electron chi connectivity index (χ4n) is 3.19. The standard InChI is InChI=1S/C16H22N6O/c1-11-6-12(2)9-21(8-11)16(23)18-15-7-14(5-4-13(15)3)22-10-17-19-20-22/h4-5,7,10-12H,6,8-9H2,1-3H3,(H,18,23)/t11-,12-/m1/s1. The molecule has 0 bridgehead atoms. The lowest BCUT2D eigenvalue weighted by Crippen LogP contribution is -2.44. The van der Waals surface area contributed by atoms with Gasteiger partial charge in [-0.2, -0.15) is 0 Å². The maximum Gasteiger partial charge on any atom is 0.321 e. The minimum atomic E-state index is -0.0413. The first-order valence-corrected chi connectivity index (χ1v) is 7.93. The average Bonchev–Trinajstić information content (AvgIpc) is 3.02. The number of benzene rings is 1. The molecule has 1 aromatic heterocycles. The molecule has 7 nitrogen and oxygen atoms in total. The molecule has 0 radical (unpaired) electrons. The van der Waals surface area contributed by atoms with Crippen LogP contribution >= 0.6 is 0 Å². The lowest BCUT2D eigenvalue weighted by Gasteiger charge is -2.35. The van der Waals surface area contributed by atoms with Crippen LogP contribution in [0, 0.1) is 18.8 Å². The van der Waals surface area contributed by atoms with Crippen LogP contribution in [0.5, 0.6) is 0 Å². The number of nitrogens with one attached hydrogen (secondary N) is 1. The van der Waals surface area contributed by atoms with Crippen molar-refractivity contribution < 1.29 is 4.79 Å². The van der Waals surface area contributed by atoms with Gasteiger partial charge in [0.25, 0.3) is 0 Å². The molecule has 1 fully saturated rings. The van der Waals surface area contributed by atoms with Gasteiger partial charge in [-0.15, -0.1) is 5.10 Å². The van der Waals surface area contributed by atoms with Crippen molar-refractivity contribution >= 4 is 11.7 Å². The van der Waals surface area contributed by atoms with E-state index in [9.17, 15) is 4.79 Å². The van der Waals surface area contributed by atoms with E-state index in [1.165, 1.54) is 12.7 Å². The lowest BCUT2D eigenvalue weighted by atomic mass is 9.92. The first-order chi connectivity index (χ1) is 11.0. The van der Waals surface area contributed by atoms with Crippen molar-refractivity contribution in [2.75, 3.05) is 18.4 Å². The number of carbonyl (C=O) groups is 1. The Morgan fingerprint density at radius 1 is 1.26 bits per heavy atom. The molecule has 1 aliphatic rings. The highest BCUT2D eigenvalue weighted by Gasteiger charge is 2.25. The number of tetrazole rings is 1. The fraction of sp³-hybridized carbons (Fsp3) is 0.500. The summed E-state index contributed by atoms with van der Waals surface area (Å²) in [6.45, 7) is 7.98. The Morgan fingerprint density at radius 2 is 2.00 bits per heavy atom. The molecule has 1 aromatic carbocycles. The predicted octanol–water partition coefficient (Wildman–Crippen LogP) is 2.48. The molecule has 1 N–H and O–H groups in total. The van der Waals surface area contributed by atoms with Crippen molar-refractivity contribution in [3.05, 3.63) is 30.1 Å². The third-order valence-electron chi connectivity index (χ3n) is 4.23. The minimum Gasteiger partial charge on any atom is -0.324 e. The van der Waals surface area contributed by atoms with Gasteiger partial charge in [-0.1, -0.05) is 19.9 Å². The van der Waals surface area contributed by atoms with Gasteiger partial charge < -0.3 is 10.2 Å². The zero-order valence-corrected chi connectivity index (χ0v) is 13.7. The number of nitrogens with zero attached hydrogens (tertiary/aromatic N) is 5. The Kier molecular flexibility index (Phi) is 4.27. The molecule has 0 aliphatic carbocycles. The van der Waals surface area contributed by atoms with Crippen LogP contribution in [0.3, 0.4) is 0 Å². The van der Waals surface area contributed by atoms with Crippen LogP contribution in [0.1, 0.15) is 25.8 Å². The van der Waals surface area contributed by atoms with Crippen LogP contribution in [-0.2, 0) is 0 Å². The maximum absolute atomic E-state index is 12.6. The van der Waals surface area contributed by atoms with E-state index in [1.807, 2.05) is 30.0 Å². The summed E-state index contributed by atoms with van der Waals surface area (Å²) in [7, 11) is 0. The van der Waals surface area contributed by atoms with E-state index in [2.05, 4.69) is 34.7 Å². The SMILES string of the molecule is Cc1ccc(-n2cnnn2)cc1NC(=O)N1C[C@H](C)C[C@@H](C)C1. The molecule has 122 valence electrons. The monoisotopic (exact) mass is 314 g/mol. The summed E-state index contributed by atoms with van der Waals surface area (Å²) in [5.74, 6) is 1.08. The second-order valence-electron chi connectivity index (χ2n) is 6.53. The van der Waals surface area contributed by atoms with Gasteiger partial charge in [0, 0.05) is 18.8 Å². The topological polar surface area (TPSA) is 75.9 Å². The van der Waals surface area contributed by atoms with E-state index in [1.54, 1.807) is 4.68 Å². The molecule has 1 saturated heterocycles. The Bertz CT molecular complexity index is 674. The molecule has 0 saturated carbocycles. The van der Waals surface area contributed by atoms with Gasteiger partial charge in [0.2, 0.25) is 0 Å². The Labute approximate surface area is 135 Å². The number of aryl methyl sites for hydroxylation is 1. The highest BCUT2D eigenvalue weighted by Crippen LogP contribution is 2.23. The van der Waals surface area contributed by atoms with Crippen molar-refractivity contribution in [2.24, 2.45) is 11.8 Å². The molecule has 2 aromatic rings. The summed E-state index contributed by atoms with van der Waals surface area (Å²) < 4.78 is 1.57. The second kappa shape index (κ2) is 6.36. The van der Waals surface area contributed by atoms with Crippen molar-refractivity contribution in [3.63, 3.8) is 0 Å². The summed E-state index contributed by atoms with van der Waals surface area (Å²) in [5, 5.41) is 14.2. The number of likely N-dealkylation sites (tertiary alicyclic amines) is 1. The quantitative estimate of drug-likeness (QED) is 0.924. The molecule has 1 aliphatic heterocycles. The Balaban J connectivity index is 1.76. The predicted molar refractivity (Wildman–Crippen MR) is 87.4 cm³/mol. The lowest BCUT2D eigenvalue weighted by molar-refractivity contribution is 0.156. The normalized spacial score (nSPS) is 21.3. The number of anilines is 1. The molecule has 0 unspecified atom stereocenters. The second-order valence-corrected chi connectivity index (χ2v) is 6.53. The van der Waals surface area contributed by atoms with Crippen molar-refractivity contribution in [3.8, 4) is 5.69 Å². The van der Waals surface area contributed by atoms with E-state index in [0.717, 1.165) is 30.0 Å². The molecular weight excluding hydrogens is 292 g/mol. The van der Waals surface area contributed by atoms with Gasteiger partial charge >= 0.3 is 6.03 Å². The summed E-state index contributed by atoms with van der Waals surface area (Å²) in [6, 6.07) is 5.72. The number of hydrogen-bond donors (Lipinski definition) is 1. The van der Waals surface area contributed by atoms with Crippen LogP contribution in [0.4, 0.5) is 10.5 Å². The van der Waals surface area contributed by atoms with Gasteiger partial charge in [0.05, 0.1) is 5.69 Å². The van der Waals surface area contributed by atoms with Gasteiger partial charge in [-0.3, -0.25) is 0 Å². The smallest absolute Gasteiger partial charge is 0.321 e. The third kappa shape index (κ3) is 3.49. The van der Waals surface area contributed by atoms with Crippen molar-refractivity contribution in [2.45, 2.75) is 27.2 Å². The van der Waals surface area contributed by atoms with Gasteiger partial charge in [0.15, 0.2) is 0 Å². The first kappa shape index (κ1) is 15.5. The molecule has 2 atom stereocenters. The van der Waals surface area contributed by atoms with Crippen molar-refractivity contribution in [1.82, 2.24) is 25.1 Å². The first-order valence-electron chi connectivity index (χ1n) is 7.93. The van der Waals surface area contributed by atoms with Crippen LogP contribution in [0.25, 0.3) is 5.69 Å². The molecule has 0 spiro atoms. The molecule has 3 rings (SSSR count). The average molecular weight is 314 g/mol. The molecule has 23 heavy (non-hydrogen) atoms. The van der Waals surface area contributed by atoms with Crippen LogP contribution in [-0.4, -0.2) is 44.2 Å². The van der Waals surface area contributed by atoms with E-state index < -0.39 is 0 Å². The number of amides is 2. The molecule has 2 amide bonds. The van der Waals surface area contributed by atoms with E-state index in [-0.39, 0.29) is 6.03 Å². The van der Waals surface area contributed by atoms with Gasteiger partial charge in [-0.05, 0) is 53.3 Å². The molecule has 2 heterocycles. The van der Waals surface area contributed by atoms with Crippen molar-refractivity contribution in [1.29, 1.82) is 0 Å². The van der Waals surface area contributed by atoms with Crippen LogP contribution in [0.15, 0.2) is 24.5 Å². The maximum atomic E-state index is 12.6. The summed E-state index contributed by atoms with van der Waals surface area (Å²) in [6.07, 6.45) is 2.71. The highest BCUT2D eigenvalue weighted by atomic mass is 16.2. The molecular formula is C16H22N6O. The number of carbonyl (C=O) groups excluding carboxylic acids is 1. The number of rotatable bonds is 2. The van der Waals surface area contributed by atoms with Crippen LogP contribution < -0.4 is 5.32 Å². The number of hydrogen-bond acceptors (Lipinski definition) is 4. The fourth-order valence-corrected chi connectivity index (χ4v) is 3.19. The van der Waals surface area contributed by atoms with Crippen LogP contribution in [0.2, 0.25) is 0 Å². The van der Waals surface area contributed by atoms with E-state index in [4.69, 9.17) is 0 Å². The van der Waals surface area contributed by atoms with Gasteiger partial charge in [-0.25, -0.2) is 9.48 Å². The largest absolute Gasteiger partial charge is 0.324 e. The highest BCUT2D eigenvalue weighted by molar-refractivity contribution is 5.90. The number of piperidine rings is 1. The minimum absolute atomic E-state index is 0.0413. The zero-order valence-electron chi connectivity index (χ0n) is 13.7. The summed E-state index contributed by atoms with van der Waals surface area (Å²) >= 11 is 0. The number of aromatic nitrogens is 4.